The first kappa shape index (κ1) is 15.5. The Morgan fingerprint density at radius 3 is 2.55 bits per heavy atom. The number of carbonyl (C=O) groups is 1. The molecular formula is C17H25N3O2. The van der Waals surface area contributed by atoms with Crippen LogP contribution in [0, 0.1) is 18.3 Å². The van der Waals surface area contributed by atoms with Crippen molar-refractivity contribution in [2.75, 3.05) is 19.7 Å². The predicted molar refractivity (Wildman–Crippen MR) is 83.2 cm³/mol. The predicted octanol–water partition coefficient (Wildman–Crippen LogP) is 2.76. The lowest BCUT2D eigenvalue weighted by Crippen LogP contribution is -2.41. The van der Waals surface area contributed by atoms with Gasteiger partial charge in [-0.15, -0.1) is 12.3 Å². The van der Waals surface area contributed by atoms with E-state index in [-0.39, 0.29) is 11.6 Å². The van der Waals surface area contributed by atoms with E-state index in [1.54, 1.807) is 0 Å². The summed E-state index contributed by atoms with van der Waals surface area (Å²) in [5.41, 5.74) is -0.340. The Morgan fingerprint density at radius 1 is 1.23 bits per heavy atom. The van der Waals surface area contributed by atoms with Gasteiger partial charge in [0.25, 0.3) is 0 Å². The van der Waals surface area contributed by atoms with Gasteiger partial charge in [-0.3, -0.25) is 4.79 Å². The van der Waals surface area contributed by atoms with E-state index in [0.29, 0.717) is 25.4 Å². The van der Waals surface area contributed by atoms with Crippen LogP contribution in [0.1, 0.15) is 51.4 Å². The van der Waals surface area contributed by atoms with E-state index in [4.69, 9.17) is 11.2 Å². The third-order valence-corrected chi connectivity index (χ3v) is 4.85. The smallest absolute Gasteiger partial charge is 0.222 e. The Bertz CT molecular complexity index is 465. The monoisotopic (exact) mass is 303 g/mol. The second kappa shape index (κ2) is 6.78. The standard InChI is InChI=1S/C17H25N3O2/c1-2-3-9-17(18-19-17)10-6-16(21)20-11-7-15(8-12-20)22-13-14-4-5-14/h1,14-15H,3-13H2. The fraction of sp³-hybridized carbons (Fsp3) is 0.824. The van der Waals surface area contributed by atoms with Crippen molar-refractivity contribution < 1.29 is 9.53 Å². The molecule has 5 heteroatoms. The summed E-state index contributed by atoms with van der Waals surface area (Å²) in [5.74, 6) is 3.65. The highest BCUT2D eigenvalue weighted by atomic mass is 16.5. The molecule has 0 atom stereocenters. The third-order valence-electron chi connectivity index (χ3n) is 4.85. The molecule has 22 heavy (non-hydrogen) atoms. The molecule has 0 aromatic rings. The van der Waals surface area contributed by atoms with Crippen LogP contribution in [0.2, 0.25) is 0 Å². The van der Waals surface area contributed by atoms with Crippen LogP contribution in [0.4, 0.5) is 0 Å². The fourth-order valence-corrected chi connectivity index (χ4v) is 2.96. The molecule has 0 bridgehead atoms. The molecule has 1 amide bonds. The van der Waals surface area contributed by atoms with Gasteiger partial charge in [0.2, 0.25) is 5.91 Å². The molecule has 0 aromatic carbocycles. The summed E-state index contributed by atoms with van der Waals surface area (Å²) < 4.78 is 5.92. The second-order valence-electron chi connectivity index (χ2n) is 6.74. The minimum Gasteiger partial charge on any atom is -0.378 e. The van der Waals surface area contributed by atoms with Crippen molar-refractivity contribution in [3.8, 4) is 12.3 Å². The van der Waals surface area contributed by atoms with Crippen LogP contribution in [0.15, 0.2) is 10.2 Å². The minimum atomic E-state index is -0.340. The van der Waals surface area contributed by atoms with Crippen LogP contribution in [-0.4, -0.2) is 42.3 Å². The Balaban J connectivity index is 1.32. The summed E-state index contributed by atoms with van der Waals surface area (Å²) in [6.45, 7) is 2.55. The zero-order valence-electron chi connectivity index (χ0n) is 13.2. The Morgan fingerprint density at radius 2 is 1.95 bits per heavy atom. The van der Waals surface area contributed by atoms with E-state index < -0.39 is 0 Å². The molecule has 1 saturated carbocycles. The molecule has 3 aliphatic rings. The molecule has 2 aliphatic heterocycles. The lowest BCUT2D eigenvalue weighted by molar-refractivity contribution is -0.134. The van der Waals surface area contributed by atoms with E-state index in [0.717, 1.165) is 44.9 Å². The number of nitrogens with zero attached hydrogens (tertiary/aromatic N) is 3. The summed E-state index contributed by atoms with van der Waals surface area (Å²) in [5, 5.41) is 8.17. The molecular weight excluding hydrogens is 278 g/mol. The van der Waals surface area contributed by atoms with Crippen LogP contribution >= 0.6 is 0 Å². The minimum absolute atomic E-state index is 0.220. The largest absolute Gasteiger partial charge is 0.378 e. The molecule has 120 valence electrons. The highest BCUT2D eigenvalue weighted by molar-refractivity contribution is 5.76. The highest BCUT2D eigenvalue weighted by Crippen LogP contribution is 2.37. The third kappa shape index (κ3) is 4.30. The van der Waals surface area contributed by atoms with E-state index in [2.05, 4.69) is 16.1 Å². The van der Waals surface area contributed by atoms with Gasteiger partial charge in [0, 0.05) is 45.4 Å². The van der Waals surface area contributed by atoms with E-state index in [1.165, 1.54) is 12.8 Å². The van der Waals surface area contributed by atoms with Gasteiger partial charge in [0.1, 0.15) is 0 Å². The number of terminal acetylenes is 1. The molecule has 3 rings (SSSR count). The molecule has 1 saturated heterocycles. The summed E-state index contributed by atoms with van der Waals surface area (Å²) in [4.78, 5) is 14.3. The Labute approximate surface area is 132 Å². The lowest BCUT2D eigenvalue weighted by atomic mass is 10.0. The number of likely N-dealkylation sites (tertiary alicyclic amines) is 1. The van der Waals surface area contributed by atoms with Crippen molar-refractivity contribution in [1.29, 1.82) is 0 Å². The number of rotatable bonds is 8. The maximum absolute atomic E-state index is 12.3. The van der Waals surface area contributed by atoms with E-state index >= 15 is 0 Å². The number of ether oxygens (including phenoxy) is 1. The molecule has 0 aromatic heterocycles. The van der Waals surface area contributed by atoms with Crippen molar-refractivity contribution in [1.82, 2.24) is 4.90 Å². The van der Waals surface area contributed by atoms with Crippen molar-refractivity contribution >= 4 is 5.91 Å². The first-order chi connectivity index (χ1) is 10.7. The molecule has 5 nitrogen and oxygen atoms in total. The summed E-state index contributed by atoms with van der Waals surface area (Å²) in [7, 11) is 0. The van der Waals surface area contributed by atoms with E-state index in [1.807, 2.05) is 4.90 Å². The normalized spacial score (nSPS) is 23.3. The molecule has 0 spiro atoms. The van der Waals surface area contributed by atoms with Crippen molar-refractivity contribution in [2.24, 2.45) is 16.1 Å². The second-order valence-corrected chi connectivity index (χ2v) is 6.74. The van der Waals surface area contributed by atoms with Crippen LogP contribution in [0.5, 0.6) is 0 Å². The van der Waals surface area contributed by atoms with Crippen LogP contribution < -0.4 is 0 Å². The van der Waals surface area contributed by atoms with Gasteiger partial charge in [-0.1, -0.05) is 0 Å². The van der Waals surface area contributed by atoms with Gasteiger partial charge in [-0.05, 0) is 31.6 Å². The average Bonchev–Trinajstić information content (AvgIpc) is 3.46. The van der Waals surface area contributed by atoms with Crippen molar-refractivity contribution in [3.63, 3.8) is 0 Å². The van der Waals surface area contributed by atoms with Crippen molar-refractivity contribution in [2.45, 2.75) is 63.1 Å². The molecule has 2 heterocycles. The molecule has 2 fully saturated rings. The molecule has 0 radical (unpaired) electrons. The number of amides is 1. The summed E-state index contributed by atoms with van der Waals surface area (Å²) in [6.07, 6.45) is 12.9. The van der Waals surface area contributed by atoms with Gasteiger partial charge < -0.3 is 9.64 Å². The first-order valence-corrected chi connectivity index (χ1v) is 8.48. The molecule has 0 unspecified atom stereocenters. The van der Waals surface area contributed by atoms with Crippen molar-refractivity contribution in [3.05, 3.63) is 0 Å². The van der Waals surface area contributed by atoms with Gasteiger partial charge in [-0.25, -0.2) is 0 Å². The summed E-state index contributed by atoms with van der Waals surface area (Å²) >= 11 is 0. The highest BCUT2D eigenvalue weighted by Gasteiger charge is 2.39. The molecule has 0 N–H and O–H groups in total. The van der Waals surface area contributed by atoms with Crippen LogP contribution in [-0.2, 0) is 9.53 Å². The van der Waals surface area contributed by atoms with E-state index in [9.17, 15) is 4.79 Å². The number of carbonyl (C=O) groups excluding carboxylic acids is 1. The van der Waals surface area contributed by atoms with Gasteiger partial charge >= 0.3 is 0 Å². The maximum atomic E-state index is 12.3. The van der Waals surface area contributed by atoms with Gasteiger partial charge in [-0.2, -0.15) is 10.2 Å². The SMILES string of the molecule is C#CCCC1(CCC(=O)N2CCC(OCC3CC3)CC2)N=N1. The zero-order chi connectivity index (χ0) is 15.4. The number of piperidine rings is 1. The Kier molecular flexibility index (Phi) is 4.77. The fourth-order valence-electron chi connectivity index (χ4n) is 2.96. The molecule has 1 aliphatic carbocycles. The topological polar surface area (TPSA) is 54.3 Å². The number of hydrogen-bond donors (Lipinski definition) is 0. The Hall–Kier alpha value is -1.41. The zero-order valence-corrected chi connectivity index (χ0v) is 13.2. The summed E-state index contributed by atoms with van der Waals surface area (Å²) in [6, 6.07) is 0. The quantitative estimate of drug-likeness (QED) is 0.647. The van der Waals surface area contributed by atoms with Crippen LogP contribution in [0.25, 0.3) is 0 Å². The van der Waals surface area contributed by atoms with Gasteiger partial charge in [0.05, 0.1) is 6.10 Å². The maximum Gasteiger partial charge on any atom is 0.222 e. The first-order valence-electron chi connectivity index (χ1n) is 8.48. The van der Waals surface area contributed by atoms with Crippen LogP contribution in [0.3, 0.4) is 0 Å². The lowest BCUT2D eigenvalue weighted by Gasteiger charge is -2.32. The van der Waals surface area contributed by atoms with Gasteiger partial charge in [0.15, 0.2) is 5.66 Å². The number of hydrogen-bond acceptors (Lipinski definition) is 4. The average molecular weight is 303 g/mol.